The van der Waals surface area contributed by atoms with Gasteiger partial charge in [0.15, 0.2) is 0 Å². The zero-order valence-corrected chi connectivity index (χ0v) is 16.8. The van der Waals surface area contributed by atoms with E-state index in [1.54, 1.807) is 27.7 Å². The normalized spacial score (nSPS) is 9.10. The van der Waals surface area contributed by atoms with E-state index in [0.29, 0.717) is 12.8 Å². The van der Waals surface area contributed by atoms with Crippen LogP contribution in [0.1, 0.15) is 54.4 Å². The molecule has 0 aliphatic rings. The predicted octanol–water partition coefficient (Wildman–Crippen LogP) is 3.91. The van der Waals surface area contributed by atoms with E-state index in [2.05, 4.69) is 0 Å². The van der Waals surface area contributed by atoms with Crippen LogP contribution < -0.4 is 0 Å². The van der Waals surface area contributed by atoms with Gasteiger partial charge in [-0.1, -0.05) is 13.8 Å². The Kier molecular flexibility index (Phi) is 28.6. The average Bonchev–Trinajstić information content (AvgIpc) is 2.18. The van der Waals surface area contributed by atoms with Crippen molar-refractivity contribution in [2.24, 2.45) is 10.8 Å². The number of carboxylic acid groups (broad SMARTS) is 2. The maximum Gasteiger partial charge on any atom is 0.309 e. The van der Waals surface area contributed by atoms with Crippen LogP contribution in [0.2, 0.25) is 0 Å². The van der Waals surface area contributed by atoms with E-state index in [1.165, 1.54) is 0 Å². The maximum absolute atomic E-state index is 10.3. The van der Waals surface area contributed by atoms with Gasteiger partial charge >= 0.3 is 11.9 Å². The van der Waals surface area contributed by atoms with Gasteiger partial charge in [0.2, 0.25) is 0 Å². The average molecular weight is 364 g/mol. The zero-order chi connectivity index (χ0) is 13.6. The number of hydrogen-bond donors (Lipinski definition) is 2. The van der Waals surface area contributed by atoms with E-state index >= 15 is 0 Å². The fraction of sp³-hybridized carbons (Fsp3) is 0.714. The third-order valence-corrected chi connectivity index (χ3v) is 2.93. The molecule has 4 nitrogen and oxygen atoms in total. The summed E-state index contributed by atoms with van der Waals surface area (Å²) < 4.78 is 0. The molecule has 0 spiro atoms. The van der Waals surface area contributed by atoms with Gasteiger partial charge in [-0.3, -0.25) is 9.59 Å². The molecule has 6 heteroatoms. The van der Waals surface area contributed by atoms with Gasteiger partial charge in [0.05, 0.1) is 10.8 Å². The van der Waals surface area contributed by atoms with E-state index in [1.807, 2.05) is 13.8 Å². The molecule has 0 saturated heterocycles. The summed E-state index contributed by atoms with van der Waals surface area (Å²) in [5.74, 6) is -1.44. The molecule has 0 unspecified atom stereocenters. The van der Waals surface area contributed by atoms with Crippen molar-refractivity contribution in [1.29, 1.82) is 0 Å². The van der Waals surface area contributed by atoms with Crippen LogP contribution in [0.25, 0.3) is 0 Å². The van der Waals surface area contributed by atoms with E-state index < -0.39 is 22.8 Å². The molecule has 0 amide bonds. The molecule has 0 atom stereocenters. The number of aliphatic carboxylic acids is 2. The molecule has 0 heterocycles. The van der Waals surface area contributed by atoms with Crippen molar-refractivity contribution in [1.82, 2.24) is 0 Å². The summed E-state index contributed by atoms with van der Waals surface area (Å²) in [6.07, 6.45) is 1.37. The second kappa shape index (κ2) is 15.5. The maximum atomic E-state index is 10.3. The van der Waals surface area contributed by atoms with E-state index in [-0.39, 0.29) is 52.0 Å². The number of hydrogen-bond acceptors (Lipinski definition) is 2. The fourth-order valence-corrected chi connectivity index (χ4v) is 0.302. The predicted molar refractivity (Wildman–Crippen MR) is 76.2 cm³/mol. The van der Waals surface area contributed by atoms with Gasteiger partial charge in [-0.2, -0.15) is 0 Å². The van der Waals surface area contributed by atoms with Crippen LogP contribution in [-0.2, 0) is 46.7 Å². The van der Waals surface area contributed by atoms with E-state index in [4.69, 9.17) is 10.2 Å². The summed E-state index contributed by atoms with van der Waals surface area (Å²) in [5.41, 5.74) is -1.08. The topological polar surface area (TPSA) is 74.6 Å². The van der Waals surface area contributed by atoms with E-state index in [9.17, 15) is 9.59 Å². The minimum atomic E-state index is -0.722. The second-order valence-electron chi connectivity index (χ2n) is 5.09. The first-order valence-corrected chi connectivity index (χ1v) is 5.48. The molecule has 0 aromatic rings. The first kappa shape index (κ1) is 36.9. The van der Waals surface area contributed by atoms with Gasteiger partial charge < -0.3 is 25.1 Å². The van der Waals surface area contributed by atoms with Crippen molar-refractivity contribution < 1.29 is 56.9 Å². The Balaban J connectivity index is -0.0000000408. The second-order valence-corrected chi connectivity index (χ2v) is 5.09. The Hall–Kier alpha value is 0.109. The molecule has 0 rings (SSSR count). The summed E-state index contributed by atoms with van der Waals surface area (Å²) in [6, 6.07) is 0. The van der Waals surface area contributed by atoms with Crippen molar-refractivity contribution in [3.8, 4) is 0 Å². The monoisotopic (exact) mass is 364 g/mol. The van der Waals surface area contributed by atoms with Crippen LogP contribution in [0.4, 0.5) is 0 Å². The molecule has 0 saturated carbocycles. The molecular weight excluding hydrogens is 334 g/mol. The molecular formula is C14H30O4V2-2. The first-order valence-electron chi connectivity index (χ1n) is 5.48. The van der Waals surface area contributed by atoms with Gasteiger partial charge in [0.25, 0.3) is 0 Å². The van der Waals surface area contributed by atoms with Crippen molar-refractivity contribution in [2.75, 3.05) is 0 Å². The molecule has 0 bridgehead atoms. The Morgan fingerprint density at radius 1 is 0.750 bits per heavy atom. The van der Waals surface area contributed by atoms with Crippen LogP contribution in [0.15, 0.2) is 0 Å². The number of carboxylic acids is 2. The van der Waals surface area contributed by atoms with Crippen LogP contribution in [0.5, 0.6) is 0 Å². The quantitative estimate of drug-likeness (QED) is 0.742. The molecule has 0 aromatic heterocycles. The van der Waals surface area contributed by atoms with Crippen molar-refractivity contribution in [3.05, 3.63) is 14.9 Å². The molecule has 20 heavy (non-hydrogen) atoms. The largest absolute Gasteiger partial charge is 0.481 e. The Morgan fingerprint density at radius 3 is 0.900 bits per heavy atom. The first-order chi connectivity index (χ1) is 7.01. The van der Waals surface area contributed by atoms with Crippen LogP contribution >= 0.6 is 0 Å². The molecule has 2 N–H and O–H groups in total. The van der Waals surface area contributed by atoms with Gasteiger partial charge in [-0.05, 0) is 40.5 Å². The van der Waals surface area contributed by atoms with Crippen LogP contribution in [0.3, 0.4) is 0 Å². The SMILES string of the molecule is CCC(C)(C)C(=O)O.CCC(C)(C)C(=O)O.[CH3-].[CH3-].[V].[V]. The summed E-state index contributed by atoms with van der Waals surface area (Å²) in [7, 11) is 0. The molecule has 122 valence electrons. The minimum absolute atomic E-state index is 0. The smallest absolute Gasteiger partial charge is 0.309 e. The van der Waals surface area contributed by atoms with Gasteiger partial charge in [-0.25, -0.2) is 0 Å². The molecule has 0 aliphatic heterocycles. The third-order valence-electron chi connectivity index (χ3n) is 2.93. The van der Waals surface area contributed by atoms with Crippen molar-refractivity contribution in [3.63, 3.8) is 0 Å². The standard InChI is InChI=1S/2C6H12O2.2CH3.2V/c2*1-4-6(2,3)5(7)8;;;;/h2*4H2,1-3H3,(H,7,8);2*1H3;;/q;;2*-1;;. The molecule has 0 aromatic carbocycles. The van der Waals surface area contributed by atoms with Crippen molar-refractivity contribution in [2.45, 2.75) is 54.4 Å². The zero-order valence-electron chi connectivity index (χ0n) is 14.0. The van der Waals surface area contributed by atoms with Crippen LogP contribution in [0, 0.1) is 25.7 Å². The van der Waals surface area contributed by atoms with Gasteiger partial charge in [-0.15, -0.1) is 0 Å². The summed E-state index contributed by atoms with van der Waals surface area (Å²) in [4.78, 5) is 20.5. The van der Waals surface area contributed by atoms with Crippen LogP contribution in [-0.4, -0.2) is 22.2 Å². The third kappa shape index (κ3) is 16.2. The summed E-state index contributed by atoms with van der Waals surface area (Å²) >= 11 is 0. The fourth-order valence-electron chi connectivity index (χ4n) is 0.302. The van der Waals surface area contributed by atoms with Crippen molar-refractivity contribution >= 4 is 11.9 Å². The minimum Gasteiger partial charge on any atom is -0.481 e. The Labute approximate surface area is 148 Å². The van der Waals surface area contributed by atoms with Gasteiger partial charge in [0.1, 0.15) is 0 Å². The Morgan fingerprint density at radius 2 is 0.900 bits per heavy atom. The molecule has 0 fully saturated rings. The Bertz CT molecular complexity index is 226. The van der Waals surface area contributed by atoms with E-state index in [0.717, 1.165) is 0 Å². The molecule has 2 radical (unpaired) electrons. The van der Waals surface area contributed by atoms with Gasteiger partial charge in [0, 0.05) is 37.1 Å². The summed E-state index contributed by atoms with van der Waals surface area (Å²) in [6.45, 7) is 10.6. The molecule has 0 aliphatic carbocycles. The number of rotatable bonds is 4. The summed E-state index contributed by atoms with van der Waals surface area (Å²) in [5, 5.41) is 16.9. The number of carbonyl (C=O) groups is 2.